The molecule has 2 aromatic carbocycles. The van der Waals surface area contributed by atoms with Crippen LogP contribution in [-0.4, -0.2) is 44.9 Å². The van der Waals surface area contributed by atoms with Gasteiger partial charge in [-0.15, -0.1) is 0 Å². The number of piperidine rings is 1. The van der Waals surface area contributed by atoms with Crippen molar-refractivity contribution in [3.05, 3.63) is 59.1 Å². The SMILES string of the molecule is O=C(NCCOc1cccc(Cl)c1)c1cccc(S(=O)(=O)N2CCCCC2)c1. The number of hydrogen-bond donors (Lipinski definition) is 1. The number of amides is 1. The van der Waals surface area contributed by atoms with Gasteiger partial charge in [-0.2, -0.15) is 4.31 Å². The summed E-state index contributed by atoms with van der Waals surface area (Å²) in [7, 11) is -3.57. The van der Waals surface area contributed by atoms with Crippen molar-refractivity contribution < 1.29 is 17.9 Å². The lowest BCUT2D eigenvalue weighted by Gasteiger charge is -2.26. The molecule has 1 aliphatic rings. The highest BCUT2D eigenvalue weighted by molar-refractivity contribution is 7.89. The summed E-state index contributed by atoms with van der Waals surface area (Å²) in [4.78, 5) is 12.5. The van der Waals surface area contributed by atoms with Gasteiger partial charge in [0.15, 0.2) is 0 Å². The molecule has 1 saturated heterocycles. The summed E-state index contributed by atoms with van der Waals surface area (Å²) in [6.07, 6.45) is 2.78. The molecular formula is C20H23ClN2O4S. The standard InChI is InChI=1S/C20H23ClN2O4S/c21-17-7-5-8-18(15-17)27-13-10-22-20(24)16-6-4-9-19(14-16)28(25,26)23-11-2-1-3-12-23/h4-9,14-15H,1-3,10-13H2,(H,22,24). The minimum atomic E-state index is -3.57. The summed E-state index contributed by atoms with van der Waals surface area (Å²) in [6, 6.07) is 13.2. The van der Waals surface area contributed by atoms with Gasteiger partial charge in [-0.25, -0.2) is 8.42 Å². The molecule has 1 heterocycles. The molecule has 2 aromatic rings. The molecule has 0 bridgehead atoms. The first-order valence-corrected chi connectivity index (χ1v) is 11.1. The Bertz CT molecular complexity index is 927. The Kier molecular flexibility index (Phi) is 6.93. The van der Waals surface area contributed by atoms with Crippen molar-refractivity contribution in [1.82, 2.24) is 9.62 Å². The van der Waals surface area contributed by atoms with Crippen LogP contribution in [0, 0.1) is 0 Å². The first kappa shape index (κ1) is 20.6. The van der Waals surface area contributed by atoms with Crippen LogP contribution in [0.2, 0.25) is 5.02 Å². The van der Waals surface area contributed by atoms with Gasteiger partial charge in [-0.3, -0.25) is 4.79 Å². The lowest BCUT2D eigenvalue weighted by Crippen LogP contribution is -2.35. The second-order valence-electron chi connectivity index (χ2n) is 6.55. The van der Waals surface area contributed by atoms with Gasteiger partial charge in [0.25, 0.3) is 5.91 Å². The average Bonchev–Trinajstić information content (AvgIpc) is 2.72. The molecule has 0 aliphatic carbocycles. The Balaban J connectivity index is 1.57. The molecule has 1 aliphatic heterocycles. The first-order chi connectivity index (χ1) is 13.5. The molecule has 6 nitrogen and oxygen atoms in total. The third-order valence-electron chi connectivity index (χ3n) is 4.50. The van der Waals surface area contributed by atoms with Crippen LogP contribution in [0.5, 0.6) is 5.75 Å². The summed E-state index contributed by atoms with van der Waals surface area (Å²) in [6.45, 7) is 1.62. The molecule has 28 heavy (non-hydrogen) atoms. The molecule has 1 amide bonds. The topological polar surface area (TPSA) is 75.7 Å². The Morgan fingerprint density at radius 2 is 1.82 bits per heavy atom. The smallest absolute Gasteiger partial charge is 0.251 e. The highest BCUT2D eigenvalue weighted by atomic mass is 35.5. The molecule has 8 heteroatoms. The van der Waals surface area contributed by atoms with Gasteiger partial charge in [0.2, 0.25) is 10.0 Å². The maximum atomic E-state index is 12.8. The number of sulfonamides is 1. The zero-order valence-electron chi connectivity index (χ0n) is 15.4. The number of halogens is 1. The molecule has 1 N–H and O–H groups in total. The predicted octanol–water partition coefficient (Wildman–Crippen LogP) is 3.32. The third kappa shape index (κ3) is 5.25. The quantitative estimate of drug-likeness (QED) is 0.694. The number of carbonyl (C=O) groups is 1. The van der Waals surface area contributed by atoms with E-state index in [1.165, 1.54) is 16.4 Å². The average molecular weight is 423 g/mol. The van der Waals surface area contributed by atoms with Gasteiger partial charge >= 0.3 is 0 Å². The van der Waals surface area contributed by atoms with Gasteiger partial charge in [0.05, 0.1) is 11.4 Å². The largest absolute Gasteiger partial charge is 0.492 e. The zero-order valence-corrected chi connectivity index (χ0v) is 17.0. The maximum Gasteiger partial charge on any atom is 0.251 e. The lowest BCUT2D eigenvalue weighted by atomic mass is 10.2. The lowest BCUT2D eigenvalue weighted by molar-refractivity contribution is 0.0946. The number of ether oxygens (including phenoxy) is 1. The van der Waals surface area contributed by atoms with Crippen molar-refractivity contribution in [2.24, 2.45) is 0 Å². The van der Waals surface area contributed by atoms with E-state index >= 15 is 0 Å². The fourth-order valence-corrected chi connectivity index (χ4v) is 4.79. The van der Waals surface area contributed by atoms with E-state index in [-0.39, 0.29) is 24.0 Å². The van der Waals surface area contributed by atoms with Gasteiger partial charge in [0, 0.05) is 23.7 Å². The molecular weight excluding hydrogens is 400 g/mol. The summed E-state index contributed by atoms with van der Waals surface area (Å²) in [5.74, 6) is 0.279. The number of nitrogens with zero attached hydrogens (tertiary/aromatic N) is 1. The van der Waals surface area contributed by atoms with Crippen molar-refractivity contribution >= 4 is 27.5 Å². The highest BCUT2D eigenvalue weighted by Crippen LogP contribution is 2.21. The molecule has 0 saturated carbocycles. The van der Waals surface area contributed by atoms with E-state index in [1.54, 1.807) is 36.4 Å². The Hall–Kier alpha value is -2.09. The fourth-order valence-electron chi connectivity index (χ4n) is 3.04. The van der Waals surface area contributed by atoms with Crippen molar-refractivity contribution in [3.8, 4) is 5.75 Å². The minimum absolute atomic E-state index is 0.150. The Labute approximate surface area is 170 Å². The van der Waals surface area contributed by atoms with Crippen LogP contribution < -0.4 is 10.1 Å². The summed E-state index contributed by atoms with van der Waals surface area (Å²) in [5, 5.41) is 3.31. The van der Waals surface area contributed by atoms with Crippen LogP contribution in [-0.2, 0) is 10.0 Å². The van der Waals surface area contributed by atoms with Crippen molar-refractivity contribution in [2.75, 3.05) is 26.2 Å². The second-order valence-corrected chi connectivity index (χ2v) is 8.93. The third-order valence-corrected chi connectivity index (χ3v) is 6.63. The second kappa shape index (κ2) is 9.41. The minimum Gasteiger partial charge on any atom is -0.492 e. The van der Waals surface area contributed by atoms with Crippen LogP contribution in [0.4, 0.5) is 0 Å². The number of benzene rings is 2. The van der Waals surface area contributed by atoms with E-state index in [0.717, 1.165) is 19.3 Å². The van der Waals surface area contributed by atoms with E-state index in [0.29, 0.717) is 29.4 Å². The van der Waals surface area contributed by atoms with E-state index in [1.807, 2.05) is 0 Å². The molecule has 1 fully saturated rings. The number of hydrogen-bond acceptors (Lipinski definition) is 4. The molecule has 0 aromatic heterocycles. The van der Waals surface area contributed by atoms with Gasteiger partial charge < -0.3 is 10.1 Å². The van der Waals surface area contributed by atoms with Crippen molar-refractivity contribution in [1.29, 1.82) is 0 Å². The molecule has 0 spiro atoms. The predicted molar refractivity (Wildman–Crippen MR) is 108 cm³/mol. The van der Waals surface area contributed by atoms with Crippen LogP contribution in [0.1, 0.15) is 29.6 Å². The van der Waals surface area contributed by atoms with E-state index < -0.39 is 10.0 Å². The summed E-state index contributed by atoms with van der Waals surface area (Å²) in [5.41, 5.74) is 0.306. The van der Waals surface area contributed by atoms with Crippen LogP contribution in [0.15, 0.2) is 53.4 Å². The maximum absolute atomic E-state index is 12.8. The molecule has 3 rings (SSSR count). The molecule has 0 unspecified atom stereocenters. The zero-order chi connectivity index (χ0) is 20.0. The highest BCUT2D eigenvalue weighted by Gasteiger charge is 2.26. The fraction of sp³-hybridized carbons (Fsp3) is 0.350. The van der Waals surface area contributed by atoms with E-state index in [9.17, 15) is 13.2 Å². The number of carbonyl (C=O) groups excluding carboxylic acids is 1. The number of nitrogens with one attached hydrogen (secondary N) is 1. The Morgan fingerprint density at radius 3 is 2.57 bits per heavy atom. The first-order valence-electron chi connectivity index (χ1n) is 9.23. The Morgan fingerprint density at radius 1 is 1.07 bits per heavy atom. The number of rotatable bonds is 7. The van der Waals surface area contributed by atoms with Crippen LogP contribution in [0.25, 0.3) is 0 Å². The van der Waals surface area contributed by atoms with E-state index in [2.05, 4.69) is 5.32 Å². The van der Waals surface area contributed by atoms with Crippen molar-refractivity contribution in [2.45, 2.75) is 24.2 Å². The molecule has 0 radical (unpaired) electrons. The monoisotopic (exact) mass is 422 g/mol. The molecule has 150 valence electrons. The van der Waals surface area contributed by atoms with E-state index in [4.69, 9.17) is 16.3 Å². The van der Waals surface area contributed by atoms with Crippen LogP contribution in [0.3, 0.4) is 0 Å². The van der Waals surface area contributed by atoms with Gasteiger partial charge in [-0.05, 0) is 49.2 Å². The summed E-state index contributed by atoms with van der Waals surface area (Å²) >= 11 is 5.89. The normalized spacial score (nSPS) is 15.2. The van der Waals surface area contributed by atoms with Gasteiger partial charge in [0.1, 0.15) is 12.4 Å². The van der Waals surface area contributed by atoms with Gasteiger partial charge in [-0.1, -0.05) is 30.2 Å². The van der Waals surface area contributed by atoms with Crippen LogP contribution >= 0.6 is 11.6 Å². The summed E-state index contributed by atoms with van der Waals surface area (Å²) < 4.78 is 32.6. The van der Waals surface area contributed by atoms with Crippen molar-refractivity contribution in [3.63, 3.8) is 0 Å². The molecule has 0 atom stereocenters.